The molecular formula is C14H15BrN2O. The maximum Gasteiger partial charge on any atom is 0.133 e. The van der Waals surface area contributed by atoms with Crippen molar-refractivity contribution in [3.63, 3.8) is 0 Å². The second-order valence-corrected chi connectivity index (χ2v) is 4.82. The summed E-state index contributed by atoms with van der Waals surface area (Å²) in [7, 11) is 0. The molecule has 1 aromatic heterocycles. The molecule has 0 amide bonds. The molecule has 1 aromatic carbocycles. The molecule has 0 aliphatic heterocycles. The van der Waals surface area contributed by atoms with Crippen LogP contribution in [0.3, 0.4) is 0 Å². The number of anilines is 2. The second kappa shape index (κ2) is 5.87. The number of pyridine rings is 1. The number of halogens is 1. The van der Waals surface area contributed by atoms with E-state index in [1.807, 2.05) is 44.2 Å². The molecule has 2 aromatic rings. The fourth-order valence-electron chi connectivity index (χ4n) is 1.61. The predicted octanol–water partition coefficient (Wildman–Crippen LogP) is 4.29. The number of nitrogens with one attached hydrogen (secondary N) is 1. The third-order valence-electron chi connectivity index (χ3n) is 2.47. The van der Waals surface area contributed by atoms with Crippen LogP contribution in [0, 0.1) is 6.92 Å². The molecule has 0 aliphatic rings. The van der Waals surface area contributed by atoms with Crippen LogP contribution in [0.2, 0.25) is 0 Å². The number of aryl methyl sites for hydroxylation is 1. The average Bonchev–Trinajstić information content (AvgIpc) is 2.35. The Bertz CT molecular complexity index is 526. The van der Waals surface area contributed by atoms with Crippen LogP contribution in [-0.4, -0.2) is 11.6 Å². The standard InChI is InChI=1S/C14H15BrN2O/c1-3-18-13-6-4-12(5-7-13)17-14-10(2)8-11(15)9-16-14/h4-9H,3H2,1-2H3,(H,16,17). The minimum atomic E-state index is 0.681. The van der Waals surface area contributed by atoms with Gasteiger partial charge in [0.25, 0.3) is 0 Å². The lowest BCUT2D eigenvalue weighted by Crippen LogP contribution is -1.96. The summed E-state index contributed by atoms with van der Waals surface area (Å²) in [5, 5.41) is 3.28. The van der Waals surface area contributed by atoms with Gasteiger partial charge in [-0.3, -0.25) is 0 Å². The van der Waals surface area contributed by atoms with Crippen LogP contribution in [0.4, 0.5) is 11.5 Å². The SMILES string of the molecule is CCOc1ccc(Nc2ncc(Br)cc2C)cc1. The molecule has 18 heavy (non-hydrogen) atoms. The summed E-state index contributed by atoms with van der Waals surface area (Å²) >= 11 is 3.40. The van der Waals surface area contributed by atoms with Gasteiger partial charge in [-0.1, -0.05) is 0 Å². The number of benzene rings is 1. The van der Waals surface area contributed by atoms with Crippen LogP contribution in [0.1, 0.15) is 12.5 Å². The van der Waals surface area contributed by atoms with E-state index in [2.05, 4.69) is 26.2 Å². The molecule has 2 rings (SSSR count). The normalized spacial score (nSPS) is 10.2. The monoisotopic (exact) mass is 306 g/mol. The Morgan fingerprint density at radius 1 is 1.28 bits per heavy atom. The maximum absolute atomic E-state index is 5.40. The van der Waals surface area contributed by atoms with Crippen LogP contribution < -0.4 is 10.1 Å². The van der Waals surface area contributed by atoms with Gasteiger partial charge in [-0.2, -0.15) is 0 Å². The number of aromatic nitrogens is 1. The molecule has 0 radical (unpaired) electrons. The lowest BCUT2D eigenvalue weighted by molar-refractivity contribution is 0.340. The number of rotatable bonds is 4. The molecule has 0 spiro atoms. The van der Waals surface area contributed by atoms with Crippen LogP contribution in [0.25, 0.3) is 0 Å². The van der Waals surface area contributed by atoms with Gasteiger partial charge in [-0.15, -0.1) is 0 Å². The third kappa shape index (κ3) is 3.23. The zero-order valence-electron chi connectivity index (χ0n) is 10.4. The van der Waals surface area contributed by atoms with E-state index in [1.54, 1.807) is 6.20 Å². The van der Waals surface area contributed by atoms with Crippen LogP contribution in [-0.2, 0) is 0 Å². The van der Waals surface area contributed by atoms with Gasteiger partial charge in [0.05, 0.1) is 6.61 Å². The Morgan fingerprint density at radius 2 is 2.00 bits per heavy atom. The average molecular weight is 307 g/mol. The van der Waals surface area contributed by atoms with E-state index in [-0.39, 0.29) is 0 Å². The molecule has 4 heteroatoms. The zero-order valence-corrected chi connectivity index (χ0v) is 12.0. The lowest BCUT2D eigenvalue weighted by atomic mass is 10.2. The van der Waals surface area contributed by atoms with Gasteiger partial charge < -0.3 is 10.1 Å². The van der Waals surface area contributed by atoms with Crippen LogP contribution in [0.5, 0.6) is 5.75 Å². The first-order chi connectivity index (χ1) is 8.69. The molecule has 0 unspecified atom stereocenters. The zero-order chi connectivity index (χ0) is 13.0. The van der Waals surface area contributed by atoms with Gasteiger partial charge in [0.2, 0.25) is 0 Å². The minimum absolute atomic E-state index is 0.681. The highest BCUT2D eigenvalue weighted by atomic mass is 79.9. The van der Waals surface area contributed by atoms with Crippen molar-refractivity contribution in [1.29, 1.82) is 0 Å². The first-order valence-corrected chi connectivity index (χ1v) is 6.60. The van der Waals surface area contributed by atoms with Crippen molar-refractivity contribution in [2.75, 3.05) is 11.9 Å². The summed E-state index contributed by atoms with van der Waals surface area (Å²) in [5.74, 6) is 1.74. The number of hydrogen-bond donors (Lipinski definition) is 1. The van der Waals surface area contributed by atoms with Crippen molar-refractivity contribution in [3.05, 3.63) is 46.6 Å². The molecule has 1 N–H and O–H groups in total. The van der Waals surface area contributed by atoms with E-state index >= 15 is 0 Å². The smallest absolute Gasteiger partial charge is 0.133 e. The summed E-state index contributed by atoms with van der Waals surface area (Å²) < 4.78 is 6.38. The first kappa shape index (κ1) is 12.9. The Morgan fingerprint density at radius 3 is 2.61 bits per heavy atom. The van der Waals surface area contributed by atoms with E-state index < -0.39 is 0 Å². The van der Waals surface area contributed by atoms with Crippen molar-refractivity contribution in [2.24, 2.45) is 0 Å². The molecular weight excluding hydrogens is 292 g/mol. The Kier molecular flexibility index (Phi) is 4.20. The summed E-state index contributed by atoms with van der Waals surface area (Å²) in [6.07, 6.45) is 1.78. The van der Waals surface area contributed by atoms with Crippen LogP contribution in [0.15, 0.2) is 41.0 Å². The van der Waals surface area contributed by atoms with E-state index in [0.29, 0.717) is 6.61 Å². The van der Waals surface area contributed by atoms with Crippen molar-refractivity contribution in [3.8, 4) is 5.75 Å². The van der Waals surface area contributed by atoms with Crippen molar-refractivity contribution in [2.45, 2.75) is 13.8 Å². The van der Waals surface area contributed by atoms with Crippen molar-refractivity contribution < 1.29 is 4.74 Å². The van der Waals surface area contributed by atoms with E-state index in [9.17, 15) is 0 Å². The predicted molar refractivity (Wildman–Crippen MR) is 77.6 cm³/mol. The van der Waals surface area contributed by atoms with Crippen LogP contribution >= 0.6 is 15.9 Å². The first-order valence-electron chi connectivity index (χ1n) is 5.81. The van der Waals surface area contributed by atoms with Gasteiger partial charge in [0.1, 0.15) is 11.6 Å². The number of ether oxygens (including phenoxy) is 1. The van der Waals surface area contributed by atoms with Gasteiger partial charge in [0.15, 0.2) is 0 Å². The fourth-order valence-corrected chi connectivity index (χ4v) is 2.05. The van der Waals surface area contributed by atoms with Crippen molar-refractivity contribution in [1.82, 2.24) is 4.98 Å². The highest BCUT2D eigenvalue weighted by Gasteiger charge is 2.01. The Labute approximate surface area is 115 Å². The molecule has 94 valence electrons. The summed E-state index contributed by atoms with van der Waals surface area (Å²) in [6.45, 7) is 4.68. The molecule has 0 aliphatic carbocycles. The molecule has 0 atom stereocenters. The minimum Gasteiger partial charge on any atom is -0.494 e. The number of hydrogen-bond acceptors (Lipinski definition) is 3. The van der Waals surface area contributed by atoms with Gasteiger partial charge >= 0.3 is 0 Å². The van der Waals surface area contributed by atoms with E-state index in [0.717, 1.165) is 27.3 Å². The number of nitrogens with zero attached hydrogens (tertiary/aromatic N) is 1. The molecule has 0 saturated carbocycles. The Hall–Kier alpha value is -1.55. The molecule has 0 fully saturated rings. The highest BCUT2D eigenvalue weighted by molar-refractivity contribution is 9.10. The molecule has 0 bridgehead atoms. The maximum atomic E-state index is 5.40. The van der Waals surface area contributed by atoms with Crippen molar-refractivity contribution >= 4 is 27.4 Å². The summed E-state index contributed by atoms with van der Waals surface area (Å²) in [4.78, 5) is 4.34. The molecule has 3 nitrogen and oxygen atoms in total. The Balaban J connectivity index is 2.13. The van der Waals surface area contributed by atoms with Gasteiger partial charge in [-0.25, -0.2) is 4.98 Å². The summed E-state index contributed by atoms with van der Waals surface area (Å²) in [5.41, 5.74) is 2.09. The van der Waals surface area contributed by atoms with Gasteiger partial charge in [0, 0.05) is 16.4 Å². The quantitative estimate of drug-likeness (QED) is 0.914. The fraction of sp³-hybridized carbons (Fsp3) is 0.214. The lowest BCUT2D eigenvalue weighted by Gasteiger charge is -2.09. The van der Waals surface area contributed by atoms with E-state index in [1.165, 1.54) is 0 Å². The topological polar surface area (TPSA) is 34.1 Å². The third-order valence-corrected chi connectivity index (χ3v) is 2.91. The molecule has 1 heterocycles. The largest absolute Gasteiger partial charge is 0.494 e. The van der Waals surface area contributed by atoms with E-state index in [4.69, 9.17) is 4.74 Å². The summed E-state index contributed by atoms with van der Waals surface area (Å²) in [6, 6.07) is 9.88. The second-order valence-electron chi connectivity index (χ2n) is 3.90. The molecule has 0 saturated heterocycles. The highest BCUT2D eigenvalue weighted by Crippen LogP contribution is 2.22. The van der Waals surface area contributed by atoms with Gasteiger partial charge in [-0.05, 0) is 65.7 Å².